The van der Waals surface area contributed by atoms with E-state index in [0.29, 0.717) is 18.7 Å². The second-order valence-electron chi connectivity index (χ2n) is 3.55. The molecular formula is C12H14F3NOSe. The molecule has 0 atom stereocenters. The van der Waals surface area contributed by atoms with Gasteiger partial charge < -0.3 is 0 Å². The molecule has 0 fully saturated rings. The van der Waals surface area contributed by atoms with Gasteiger partial charge >= 0.3 is 110 Å². The van der Waals surface area contributed by atoms with E-state index in [0.717, 1.165) is 0 Å². The third-order valence-corrected chi connectivity index (χ3v) is 3.94. The molecule has 1 aromatic rings. The van der Waals surface area contributed by atoms with Crippen LogP contribution in [0.15, 0.2) is 24.3 Å². The van der Waals surface area contributed by atoms with E-state index in [1.807, 2.05) is 13.8 Å². The summed E-state index contributed by atoms with van der Waals surface area (Å²) in [6, 6.07) is 5.68. The average molecular weight is 324 g/mol. The van der Waals surface area contributed by atoms with Crippen molar-refractivity contribution in [1.29, 1.82) is 0 Å². The number of halogens is 3. The molecule has 0 N–H and O–H groups in total. The topological polar surface area (TPSA) is 20.3 Å². The molecule has 0 spiro atoms. The second-order valence-corrected chi connectivity index (χ2v) is 5.94. The molecule has 0 aliphatic rings. The third-order valence-electron chi connectivity index (χ3n) is 2.39. The van der Waals surface area contributed by atoms with Crippen molar-refractivity contribution in [2.75, 3.05) is 13.1 Å². The third kappa shape index (κ3) is 4.35. The molecule has 0 saturated heterocycles. The van der Waals surface area contributed by atoms with Crippen LogP contribution in [0.25, 0.3) is 0 Å². The summed E-state index contributed by atoms with van der Waals surface area (Å²) in [5.41, 5.74) is 0.431. The number of amides is 1. The number of hydrogen-bond donors (Lipinski definition) is 0. The van der Waals surface area contributed by atoms with E-state index in [4.69, 9.17) is 0 Å². The summed E-state index contributed by atoms with van der Waals surface area (Å²) in [5, 5.41) is -4.16. The Kier molecular flexibility index (Phi) is 5.23. The molecular weight excluding hydrogens is 310 g/mol. The Morgan fingerprint density at radius 2 is 1.67 bits per heavy atom. The second kappa shape index (κ2) is 6.25. The van der Waals surface area contributed by atoms with Crippen LogP contribution < -0.4 is 4.46 Å². The Hall–Kier alpha value is -1.00. The zero-order valence-corrected chi connectivity index (χ0v) is 11.8. The predicted molar refractivity (Wildman–Crippen MR) is 65.1 cm³/mol. The van der Waals surface area contributed by atoms with Crippen LogP contribution in [0.4, 0.5) is 13.2 Å². The molecule has 0 heterocycles. The molecule has 1 amide bonds. The van der Waals surface area contributed by atoms with Gasteiger partial charge in [-0.05, 0) is 0 Å². The average Bonchev–Trinajstić information content (AvgIpc) is 2.29. The van der Waals surface area contributed by atoms with Crippen LogP contribution >= 0.6 is 0 Å². The first kappa shape index (κ1) is 15.1. The number of nitrogens with zero attached hydrogens (tertiary/aromatic N) is 1. The minimum atomic E-state index is -4.16. The molecule has 2 nitrogen and oxygen atoms in total. The zero-order chi connectivity index (χ0) is 13.8. The number of hydrogen-bond acceptors (Lipinski definition) is 1. The van der Waals surface area contributed by atoms with Crippen LogP contribution in [0.5, 0.6) is 0 Å². The SMILES string of the molecule is CCN(CC)C(=O)c1ccc([Se]C(F)(F)F)cc1. The van der Waals surface area contributed by atoms with Gasteiger partial charge in [0.15, 0.2) is 0 Å². The molecule has 1 rings (SSSR count). The standard InChI is InChI=1S/C12H14F3NOSe/c1-3-16(4-2)11(17)9-5-7-10(8-6-9)18-12(13,14)15/h5-8H,3-4H2,1-2H3. The van der Waals surface area contributed by atoms with Gasteiger partial charge in [-0.1, -0.05) is 0 Å². The van der Waals surface area contributed by atoms with E-state index in [1.165, 1.54) is 24.3 Å². The fraction of sp³-hybridized carbons (Fsp3) is 0.417. The molecule has 0 unspecified atom stereocenters. The van der Waals surface area contributed by atoms with Crippen molar-refractivity contribution < 1.29 is 18.0 Å². The van der Waals surface area contributed by atoms with Gasteiger partial charge in [0.2, 0.25) is 0 Å². The summed E-state index contributed by atoms with van der Waals surface area (Å²) in [4.78, 5) is 13.5. The summed E-state index contributed by atoms with van der Waals surface area (Å²) in [6.45, 7) is 4.90. The molecule has 100 valence electrons. The van der Waals surface area contributed by atoms with Gasteiger partial charge in [0.05, 0.1) is 0 Å². The molecule has 0 aromatic heterocycles. The van der Waals surface area contributed by atoms with Crippen molar-refractivity contribution in [3.63, 3.8) is 0 Å². The van der Waals surface area contributed by atoms with E-state index in [1.54, 1.807) is 4.90 Å². The summed E-state index contributed by atoms with van der Waals surface area (Å²) >= 11 is -1.55. The number of carbonyl (C=O) groups excluding carboxylic acids is 1. The van der Waals surface area contributed by atoms with Crippen LogP contribution in [0.2, 0.25) is 0 Å². The summed E-state index contributed by atoms with van der Waals surface area (Å²) in [7, 11) is 0. The van der Waals surface area contributed by atoms with Gasteiger partial charge in [-0.2, -0.15) is 0 Å². The molecule has 0 aliphatic carbocycles. The Morgan fingerprint density at radius 1 is 1.17 bits per heavy atom. The molecule has 0 radical (unpaired) electrons. The van der Waals surface area contributed by atoms with Crippen LogP contribution in [0.1, 0.15) is 24.2 Å². The number of carbonyl (C=O) groups is 1. The van der Waals surface area contributed by atoms with Crippen LogP contribution in [-0.2, 0) is 0 Å². The fourth-order valence-electron chi connectivity index (χ4n) is 1.49. The molecule has 0 saturated carbocycles. The minimum absolute atomic E-state index is 0.147. The first-order valence-corrected chi connectivity index (χ1v) is 7.23. The summed E-state index contributed by atoms with van der Waals surface area (Å²) in [6.07, 6.45) is 0. The van der Waals surface area contributed by atoms with Gasteiger partial charge in [-0.3, -0.25) is 0 Å². The quantitative estimate of drug-likeness (QED) is 0.776. The van der Waals surface area contributed by atoms with Crippen LogP contribution in [-0.4, -0.2) is 43.9 Å². The van der Waals surface area contributed by atoms with Gasteiger partial charge in [-0.15, -0.1) is 0 Å². The Bertz CT molecular complexity index is 399. The molecule has 0 bridgehead atoms. The monoisotopic (exact) mass is 325 g/mol. The van der Waals surface area contributed by atoms with E-state index in [9.17, 15) is 18.0 Å². The Morgan fingerprint density at radius 3 is 2.06 bits per heavy atom. The Labute approximate surface area is 110 Å². The van der Waals surface area contributed by atoms with E-state index in [-0.39, 0.29) is 10.4 Å². The van der Waals surface area contributed by atoms with E-state index in [2.05, 4.69) is 0 Å². The number of rotatable bonds is 4. The van der Waals surface area contributed by atoms with Crippen molar-refractivity contribution >= 4 is 25.3 Å². The predicted octanol–water partition coefficient (Wildman–Crippen LogP) is 2.02. The van der Waals surface area contributed by atoms with Crippen LogP contribution in [0.3, 0.4) is 0 Å². The number of benzene rings is 1. The zero-order valence-electron chi connectivity index (χ0n) is 10.1. The van der Waals surface area contributed by atoms with Crippen molar-refractivity contribution in [2.45, 2.75) is 18.9 Å². The van der Waals surface area contributed by atoms with Gasteiger partial charge in [-0.25, -0.2) is 0 Å². The molecule has 6 heteroatoms. The Balaban J connectivity index is 2.79. The van der Waals surface area contributed by atoms with Crippen molar-refractivity contribution in [2.24, 2.45) is 0 Å². The first-order valence-electron chi connectivity index (χ1n) is 5.52. The molecule has 0 aliphatic heterocycles. The maximum atomic E-state index is 12.2. The van der Waals surface area contributed by atoms with Gasteiger partial charge in [0, 0.05) is 0 Å². The summed E-state index contributed by atoms with van der Waals surface area (Å²) in [5.74, 6) is -0.147. The van der Waals surface area contributed by atoms with E-state index < -0.39 is 20.0 Å². The fourth-order valence-corrected chi connectivity index (χ4v) is 2.62. The molecule has 18 heavy (non-hydrogen) atoms. The van der Waals surface area contributed by atoms with E-state index >= 15 is 0 Å². The molecule has 1 aromatic carbocycles. The maximum absolute atomic E-state index is 12.2. The van der Waals surface area contributed by atoms with Crippen molar-refractivity contribution in [3.05, 3.63) is 29.8 Å². The van der Waals surface area contributed by atoms with Gasteiger partial charge in [0.1, 0.15) is 0 Å². The van der Waals surface area contributed by atoms with Crippen molar-refractivity contribution in [1.82, 2.24) is 4.90 Å². The van der Waals surface area contributed by atoms with Crippen molar-refractivity contribution in [3.8, 4) is 0 Å². The summed E-state index contributed by atoms with van der Waals surface area (Å²) < 4.78 is 36.8. The van der Waals surface area contributed by atoms with Gasteiger partial charge in [0.25, 0.3) is 0 Å². The number of alkyl halides is 3. The van der Waals surface area contributed by atoms with Crippen LogP contribution in [0, 0.1) is 0 Å². The normalized spacial score (nSPS) is 11.4. The first-order chi connectivity index (χ1) is 8.37.